The number of hydrogen-bond donors (Lipinski definition) is 2. The van der Waals surface area contributed by atoms with Crippen molar-refractivity contribution in [3.05, 3.63) is 28.9 Å². The molecule has 0 radical (unpaired) electrons. The quantitative estimate of drug-likeness (QED) is 0.380. The molecule has 2 aromatic rings. The van der Waals surface area contributed by atoms with E-state index >= 15 is 0 Å². The molecule has 0 saturated heterocycles. The zero-order valence-electron chi connectivity index (χ0n) is 9.91. The van der Waals surface area contributed by atoms with Gasteiger partial charge in [0, 0.05) is 6.07 Å². The molecular formula is C11H12N4O2S. The maximum Gasteiger partial charge on any atom is 0.216 e. The lowest BCUT2D eigenvalue weighted by Crippen LogP contribution is -2.10. The minimum absolute atomic E-state index is 0.0870. The summed E-state index contributed by atoms with van der Waals surface area (Å²) >= 11 is 1.38. The van der Waals surface area contributed by atoms with Gasteiger partial charge in [0.05, 0.1) is 22.6 Å². The Kier molecular flexibility index (Phi) is 3.42. The summed E-state index contributed by atoms with van der Waals surface area (Å²) in [6.45, 7) is 1.80. The number of methoxy groups -OCH3 is 1. The highest BCUT2D eigenvalue weighted by Gasteiger charge is 2.09. The highest BCUT2D eigenvalue weighted by molar-refractivity contribution is 7.17. The molecular weight excluding hydrogens is 252 g/mol. The second-order valence-corrected chi connectivity index (χ2v) is 4.58. The molecule has 6 nitrogen and oxygen atoms in total. The Morgan fingerprint density at radius 1 is 1.44 bits per heavy atom. The molecule has 2 rings (SSSR count). The Morgan fingerprint density at radius 3 is 2.89 bits per heavy atom. The Morgan fingerprint density at radius 2 is 2.22 bits per heavy atom. The molecule has 18 heavy (non-hydrogen) atoms. The summed E-state index contributed by atoms with van der Waals surface area (Å²) in [5.74, 6) is 1.23. The van der Waals surface area contributed by atoms with E-state index in [0.717, 1.165) is 10.6 Å². The predicted molar refractivity (Wildman–Crippen MR) is 69.1 cm³/mol. The van der Waals surface area contributed by atoms with Gasteiger partial charge < -0.3 is 15.7 Å². The summed E-state index contributed by atoms with van der Waals surface area (Å²) in [5.41, 5.74) is 6.28. The number of rotatable bonds is 3. The fraction of sp³-hybridized carbons (Fsp3) is 0.182. The lowest BCUT2D eigenvalue weighted by Gasteiger charge is -2.02. The Balaban J connectivity index is 2.42. The van der Waals surface area contributed by atoms with Crippen molar-refractivity contribution in [1.29, 1.82) is 0 Å². The first-order chi connectivity index (χ1) is 8.63. The van der Waals surface area contributed by atoms with E-state index in [0.29, 0.717) is 16.6 Å². The Labute approximate surface area is 108 Å². The van der Waals surface area contributed by atoms with Crippen LogP contribution in [0.2, 0.25) is 0 Å². The van der Waals surface area contributed by atoms with Gasteiger partial charge >= 0.3 is 0 Å². The lowest BCUT2D eigenvalue weighted by molar-refractivity contribution is 0.319. The summed E-state index contributed by atoms with van der Waals surface area (Å²) in [6.07, 6.45) is 0. The Bertz CT molecular complexity index is 594. The number of ether oxygens (including phenoxy) is 1. The van der Waals surface area contributed by atoms with E-state index in [1.807, 2.05) is 6.07 Å². The van der Waals surface area contributed by atoms with Crippen LogP contribution >= 0.6 is 11.3 Å². The smallest absolute Gasteiger partial charge is 0.216 e. The third-order valence-electron chi connectivity index (χ3n) is 2.24. The average Bonchev–Trinajstić information content (AvgIpc) is 2.86. The fourth-order valence-electron chi connectivity index (χ4n) is 1.43. The third kappa shape index (κ3) is 2.40. The molecule has 0 saturated carbocycles. The first kappa shape index (κ1) is 12.3. The molecule has 0 spiro atoms. The summed E-state index contributed by atoms with van der Waals surface area (Å²) in [4.78, 5) is 10.0. The molecule has 0 amide bonds. The van der Waals surface area contributed by atoms with Crippen molar-refractivity contribution < 1.29 is 9.94 Å². The standard InChI is InChI=1S/C11H12N4O2S/c1-6-13-7(5-10(14-6)17-2)8-3-4-9(18-8)11(12)15-16/h3-5,16H,1-2H3,(H2,12,15). The molecule has 0 fully saturated rings. The van der Waals surface area contributed by atoms with Crippen LogP contribution in [-0.4, -0.2) is 28.1 Å². The van der Waals surface area contributed by atoms with Crippen LogP contribution in [0, 0.1) is 6.92 Å². The lowest BCUT2D eigenvalue weighted by atomic mass is 10.3. The fourth-order valence-corrected chi connectivity index (χ4v) is 2.30. The molecule has 7 heteroatoms. The van der Waals surface area contributed by atoms with Gasteiger partial charge in [-0.25, -0.2) is 4.98 Å². The van der Waals surface area contributed by atoms with E-state index in [9.17, 15) is 0 Å². The van der Waals surface area contributed by atoms with E-state index in [2.05, 4.69) is 15.1 Å². The highest BCUT2D eigenvalue weighted by atomic mass is 32.1. The highest BCUT2D eigenvalue weighted by Crippen LogP contribution is 2.28. The zero-order valence-corrected chi connectivity index (χ0v) is 10.7. The van der Waals surface area contributed by atoms with Gasteiger partial charge in [0.15, 0.2) is 5.84 Å². The van der Waals surface area contributed by atoms with Gasteiger partial charge in [0.25, 0.3) is 0 Å². The van der Waals surface area contributed by atoms with Crippen LogP contribution in [0.15, 0.2) is 23.4 Å². The molecule has 0 aliphatic carbocycles. The molecule has 94 valence electrons. The van der Waals surface area contributed by atoms with E-state index in [1.165, 1.54) is 11.3 Å². The molecule has 2 heterocycles. The molecule has 0 aliphatic rings. The van der Waals surface area contributed by atoms with Gasteiger partial charge in [-0.15, -0.1) is 11.3 Å². The van der Waals surface area contributed by atoms with Crippen molar-refractivity contribution in [3.8, 4) is 16.5 Å². The maximum atomic E-state index is 8.62. The van der Waals surface area contributed by atoms with E-state index in [-0.39, 0.29) is 5.84 Å². The van der Waals surface area contributed by atoms with Crippen molar-refractivity contribution in [3.63, 3.8) is 0 Å². The maximum absolute atomic E-state index is 8.62. The van der Waals surface area contributed by atoms with Crippen LogP contribution < -0.4 is 10.5 Å². The van der Waals surface area contributed by atoms with Gasteiger partial charge in [-0.3, -0.25) is 0 Å². The number of nitrogens with two attached hydrogens (primary N) is 1. The molecule has 0 aliphatic heterocycles. The number of amidine groups is 1. The predicted octanol–water partition coefficient (Wildman–Crippen LogP) is 1.62. The van der Waals surface area contributed by atoms with E-state index < -0.39 is 0 Å². The van der Waals surface area contributed by atoms with Crippen molar-refractivity contribution >= 4 is 17.2 Å². The summed E-state index contributed by atoms with van der Waals surface area (Å²) < 4.78 is 5.10. The largest absolute Gasteiger partial charge is 0.481 e. The molecule has 0 aromatic carbocycles. The van der Waals surface area contributed by atoms with Crippen LogP contribution in [-0.2, 0) is 0 Å². The SMILES string of the molecule is COc1cc(-c2ccc(C(N)=NO)s2)nc(C)n1. The van der Waals surface area contributed by atoms with Crippen molar-refractivity contribution in [2.45, 2.75) is 6.92 Å². The third-order valence-corrected chi connectivity index (χ3v) is 3.37. The second-order valence-electron chi connectivity index (χ2n) is 3.49. The molecule has 3 N–H and O–H groups in total. The second kappa shape index (κ2) is 5.01. The van der Waals surface area contributed by atoms with Crippen molar-refractivity contribution in [1.82, 2.24) is 9.97 Å². The van der Waals surface area contributed by atoms with Gasteiger partial charge in [-0.05, 0) is 19.1 Å². The minimum Gasteiger partial charge on any atom is -0.481 e. The monoisotopic (exact) mass is 264 g/mol. The van der Waals surface area contributed by atoms with Crippen LogP contribution in [0.1, 0.15) is 10.7 Å². The van der Waals surface area contributed by atoms with Gasteiger partial charge in [-0.2, -0.15) is 4.98 Å². The van der Waals surface area contributed by atoms with Crippen LogP contribution in [0.25, 0.3) is 10.6 Å². The molecule has 0 atom stereocenters. The van der Waals surface area contributed by atoms with Gasteiger partial charge in [0.2, 0.25) is 5.88 Å². The van der Waals surface area contributed by atoms with Crippen LogP contribution in [0.3, 0.4) is 0 Å². The molecule has 0 bridgehead atoms. The number of thiophene rings is 1. The zero-order chi connectivity index (χ0) is 13.1. The van der Waals surface area contributed by atoms with Gasteiger partial charge in [-0.1, -0.05) is 5.16 Å². The topological polar surface area (TPSA) is 93.6 Å². The molecule has 0 unspecified atom stereocenters. The van der Waals surface area contributed by atoms with E-state index in [1.54, 1.807) is 26.2 Å². The number of hydrogen-bond acceptors (Lipinski definition) is 6. The van der Waals surface area contributed by atoms with Gasteiger partial charge in [0.1, 0.15) is 5.82 Å². The number of aryl methyl sites for hydroxylation is 1. The van der Waals surface area contributed by atoms with Crippen molar-refractivity contribution in [2.24, 2.45) is 10.9 Å². The van der Waals surface area contributed by atoms with E-state index in [4.69, 9.17) is 15.7 Å². The number of oxime groups is 1. The first-order valence-electron chi connectivity index (χ1n) is 5.12. The summed E-state index contributed by atoms with van der Waals surface area (Å²) in [6, 6.07) is 5.38. The number of aromatic nitrogens is 2. The summed E-state index contributed by atoms with van der Waals surface area (Å²) in [5, 5.41) is 11.6. The Hall–Kier alpha value is -2.15. The van der Waals surface area contributed by atoms with Crippen LogP contribution in [0.4, 0.5) is 0 Å². The average molecular weight is 264 g/mol. The van der Waals surface area contributed by atoms with Crippen LogP contribution in [0.5, 0.6) is 5.88 Å². The number of nitrogens with zero attached hydrogens (tertiary/aromatic N) is 3. The minimum atomic E-state index is 0.0870. The normalized spacial score (nSPS) is 11.6. The molecule has 2 aromatic heterocycles. The van der Waals surface area contributed by atoms with Crippen molar-refractivity contribution in [2.75, 3.05) is 7.11 Å². The summed E-state index contributed by atoms with van der Waals surface area (Å²) in [7, 11) is 1.56. The first-order valence-corrected chi connectivity index (χ1v) is 5.93.